The van der Waals surface area contributed by atoms with Crippen LogP contribution in [0.2, 0.25) is 0 Å². The van der Waals surface area contributed by atoms with Crippen LogP contribution < -0.4 is 15.4 Å². The van der Waals surface area contributed by atoms with Gasteiger partial charge in [-0.1, -0.05) is 18.2 Å². The molecule has 1 aromatic carbocycles. The van der Waals surface area contributed by atoms with E-state index in [2.05, 4.69) is 20.3 Å². The highest BCUT2D eigenvalue weighted by Gasteiger charge is 2.45. The van der Waals surface area contributed by atoms with Gasteiger partial charge in [-0.25, -0.2) is 17.5 Å². The lowest BCUT2D eigenvalue weighted by atomic mass is 9.95. The third kappa shape index (κ3) is 6.65. The van der Waals surface area contributed by atoms with Crippen LogP contribution in [0.25, 0.3) is 0 Å². The quantitative estimate of drug-likeness (QED) is 0.382. The van der Waals surface area contributed by atoms with Crippen molar-refractivity contribution in [1.29, 1.82) is 0 Å². The molecule has 1 aliphatic heterocycles. The highest BCUT2D eigenvalue weighted by Crippen LogP contribution is 2.49. The summed E-state index contributed by atoms with van der Waals surface area (Å²) in [6.45, 7) is 4.32. The van der Waals surface area contributed by atoms with Gasteiger partial charge in [0.15, 0.2) is 5.96 Å². The van der Waals surface area contributed by atoms with Gasteiger partial charge in [-0.3, -0.25) is 4.99 Å². The van der Waals surface area contributed by atoms with Crippen molar-refractivity contribution in [3.63, 3.8) is 0 Å². The van der Waals surface area contributed by atoms with Gasteiger partial charge in [0.2, 0.25) is 10.0 Å². The van der Waals surface area contributed by atoms with Crippen molar-refractivity contribution >= 4 is 16.0 Å². The Morgan fingerprint density at radius 3 is 2.73 bits per heavy atom. The van der Waals surface area contributed by atoms with E-state index in [0.717, 1.165) is 32.1 Å². The number of rotatable bonds is 10. The summed E-state index contributed by atoms with van der Waals surface area (Å²) in [4.78, 5) is 4.60. The van der Waals surface area contributed by atoms with Gasteiger partial charge in [-0.05, 0) is 50.7 Å². The van der Waals surface area contributed by atoms with Gasteiger partial charge in [0, 0.05) is 31.7 Å². The lowest BCUT2D eigenvalue weighted by Gasteiger charge is -2.22. The molecule has 3 N–H and O–H groups in total. The van der Waals surface area contributed by atoms with Gasteiger partial charge >= 0.3 is 0 Å². The molecule has 1 unspecified atom stereocenters. The van der Waals surface area contributed by atoms with Crippen LogP contribution in [0.1, 0.15) is 44.6 Å². The predicted octanol–water partition coefficient (Wildman–Crippen LogP) is 1.90. The Morgan fingerprint density at radius 1 is 1.27 bits per heavy atom. The Kier molecular flexibility index (Phi) is 8.07. The molecule has 1 saturated carbocycles. The van der Waals surface area contributed by atoms with E-state index in [1.54, 1.807) is 6.07 Å². The van der Waals surface area contributed by atoms with E-state index in [1.165, 1.54) is 6.07 Å². The second-order valence-electron chi connectivity index (χ2n) is 8.04. The molecule has 1 aromatic rings. The van der Waals surface area contributed by atoms with Crippen molar-refractivity contribution in [2.24, 2.45) is 4.99 Å². The summed E-state index contributed by atoms with van der Waals surface area (Å²) >= 11 is 0. The highest BCUT2D eigenvalue weighted by molar-refractivity contribution is 7.89. The summed E-state index contributed by atoms with van der Waals surface area (Å²) in [6, 6.07) is 6.85. The molecule has 1 aliphatic carbocycles. The summed E-state index contributed by atoms with van der Waals surface area (Å²) in [5, 5.41) is 6.20. The molecule has 0 spiro atoms. The maximum Gasteiger partial charge on any atom is 0.213 e. The Balaban J connectivity index is 1.48. The number of aliphatic imine (C=N–C) groups is 1. The minimum atomic E-state index is -3.40. The monoisotopic (exact) mass is 440 g/mol. The number of sulfonamides is 1. The van der Waals surface area contributed by atoms with Gasteiger partial charge in [-0.15, -0.1) is 0 Å². The van der Waals surface area contributed by atoms with Crippen LogP contribution in [0.15, 0.2) is 29.3 Å². The van der Waals surface area contributed by atoms with E-state index >= 15 is 0 Å². The van der Waals surface area contributed by atoms with Crippen molar-refractivity contribution in [2.75, 3.05) is 38.5 Å². The fraction of sp³-hybridized carbons (Fsp3) is 0.667. The minimum absolute atomic E-state index is 0.0338. The molecule has 0 amide bonds. The molecule has 1 heterocycles. The number of nitrogens with zero attached hydrogens (tertiary/aromatic N) is 1. The van der Waals surface area contributed by atoms with Gasteiger partial charge in [0.25, 0.3) is 0 Å². The summed E-state index contributed by atoms with van der Waals surface area (Å²) in [5.41, 5.74) is 0.461. The molecule has 3 rings (SSSR count). The molecule has 0 radical (unpaired) electrons. The average molecular weight is 441 g/mol. The van der Waals surface area contributed by atoms with Crippen LogP contribution in [0.3, 0.4) is 0 Å². The SMILES string of the molecule is CCNC(=NCC1(c2ccccc2F)CC1)NCCS(=O)(=O)NCC1CCCCO1. The Bertz CT molecular complexity index is 821. The Morgan fingerprint density at radius 2 is 2.07 bits per heavy atom. The fourth-order valence-electron chi connectivity index (χ4n) is 3.69. The van der Waals surface area contributed by atoms with E-state index in [-0.39, 0.29) is 29.6 Å². The van der Waals surface area contributed by atoms with E-state index in [4.69, 9.17) is 4.74 Å². The first-order valence-corrected chi connectivity index (χ1v) is 12.5. The number of halogens is 1. The molecule has 7 nitrogen and oxygen atoms in total. The van der Waals surface area contributed by atoms with Crippen molar-refractivity contribution < 1.29 is 17.5 Å². The molecule has 1 atom stereocenters. The van der Waals surface area contributed by atoms with E-state index < -0.39 is 10.0 Å². The molecule has 168 valence electrons. The van der Waals surface area contributed by atoms with Crippen molar-refractivity contribution in [1.82, 2.24) is 15.4 Å². The summed E-state index contributed by atoms with van der Waals surface area (Å²) in [6.07, 6.45) is 4.77. The number of benzene rings is 1. The minimum Gasteiger partial charge on any atom is -0.377 e. The van der Waals surface area contributed by atoms with Gasteiger partial charge in [-0.2, -0.15) is 0 Å². The summed E-state index contributed by atoms with van der Waals surface area (Å²) in [5.74, 6) is 0.302. The molecule has 1 saturated heterocycles. The third-order valence-electron chi connectivity index (χ3n) is 5.65. The number of guanidine groups is 1. The predicted molar refractivity (Wildman–Crippen MR) is 117 cm³/mol. The standard InChI is InChI=1S/C21H33FN4O3S/c1-2-23-20(25-16-21(10-11-21)18-8-3-4-9-19(18)22)24-12-14-30(27,28)26-15-17-7-5-6-13-29-17/h3-4,8-9,17,26H,2,5-7,10-16H2,1H3,(H2,23,24,25). The highest BCUT2D eigenvalue weighted by atomic mass is 32.2. The van der Waals surface area contributed by atoms with E-state index in [9.17, 15) is 12.8 Å². The summed E-state index contributed by atoms with van der Waals surface area (Å²) in [7, 11) is -3.40. The molecule has 0 aromatic heterocycles. The smallest absolute Gasteiger partial charge is 0.213 e. The van der Waals surface area contributed by atoms with E-state index in [0.29, 0.717) is 37.8 Å². The lowest BCUT2D eigenvalue weighted by molar-refractivity contribution is 0.0200. The fourth-order valence-corrected chi connectivity index (χ4v) is 4.65. The van der Waals surface area contributed by atoms with Gasteiger partial charge < -0.3 is 15.4 Å². The number of nitrogens with one attached hydrogen (secondary N) is 3. The molecule has 2 fully saturated rings. The Hall–Kier alpha value is -1.71. The van der Waals surface area contributed by atoms with Crippen LogP contribution in [0.4, 0.5) is 4.39 Å². The van der Waals surface area contributed by atoms with Crippen LogP contribution in [0, 0.1) is 5.82 Å². The second kappa shape index (κ2) is 10.5. The zero-order valence-corrected chi connectivity index (χ0v) is 18.4. The van der Waals surface area contributed by atoms with Crippen LogP contribution in [-0.4, -0.2) is 59.0 Å². The van der Waals surface area contributed by atoms with Gasteiger partial charge in [0.1, 0.15) is 5.82 Å². The number of hydrogen-bond acceptors (Lipinski definition) is 4. The van der Waals surface area contributed by atoms with Crippen molar-refractivity contribution in [2.45, 2.75) is 50.5 Å². The third-order valence-corrected chi connectivity index (χ3v) is 7.00. The van der Waals surface area contributed by atoms with Crippen molar-refractivity contribution in [3.05, 3.63) is 35.6 Å². The lowest BCUT2D eigenvalue weighted by Crippen LogP contribution is -2.43. The maximum absolute atomic E-state index is 14.2. The first kappa shape index (κ1) is 23.0. The van der Waals surface area contributed by atoms with Crippen LogP contribution in [-0.2, 0) is 20.2 Å². The first-order valence-electron chi connectivity index (χ1n) is 10.8. The number of hydrogen-bond donors (Lipinski definition) is 3. The molecule has 0 bridgehead atoms. The second-order valence-corrected chi connectivity index (χ2v) is 9.96. The zero-order chi connectivity index (χ0) is 21.5. The molecule has 9 heteroatoms. The first-order chi connectivity index (χ1) is 14.4. The number of ether oxygens (including phenoxy) is 1. The molecule has 30 heavy (non-hydrogen) atoms. The van der Waals surface area contributed by atoms with Crippen LogP contribution >= 0.6 is 0 Å². The zero-order valence-electron chi connectivity index (χ0n) is 17.6. The van der Waals surface area contributed by atoms with Crippen molar-refractivity contribution in [3.8, 4) is 0 Å². The molecular formula is C21H33FN4O3S. The summed E-state index contributed by atoms with van der Waals surface area (Å²) < 4.78 is 46.9. The van der Waals surface area contributed by atoms with E-state index in [1.807, 2.05) is 19.1 Å². The topological polar surface area (TPSA) is 91.8 Å². The molecular weight excluding hydrogens is 407 g/mol. The maximum atomic E-state index is 14.2. The van der Waals surface area contributed by atoms with Gasteiger partial charge in [0.05, 0.1) is 18.4 Å². The largest absolute Gasteiger partial charge is 0.377 e. The normalized spacial score (nSPS) is 21.3. The average Bonchev–Trinajstić information content (AvgIpc) is 3.52. The molecule has 2 aliphatic rings. The van der Waals surface area contributed by atoms with Crippen LogP contribution in [0.5, 0.6) is 0 Å². The Labute approximate surface area is 178 Å².